The second kappa shape index (κ2) is 7.90. The fourth-order valence-corrected chi connectivity index (χ4v) is 4.53. The fourth-order valence-electron chi connectivity index (χ4n) is 4.53. The highest BCUT2D eigenvalue weighted by Crippen LogP contribution is 2.54. The molecule has 0 aliphatic carbocycles. The highest BCUT2D eigenvalue weighted by molar-refractivity contribution is 5.57. The van der Waals surface area contributed by atoms with E-state index in [0.717, 1.165) is 16.9 Å². The first-order valence-electron chi connectivity index (χ1n) is 10.5. The molecule has 7 unspecified atom stereocenters. The Labute approximate surface area is 187 Å². The summed E-state index contributed by atoms with van der Waals surface area (Å²) in [5.41, 5.74) is 1.84. The van der Waals surface area contributed by atoms with Crippen LogP contribution in [0.15, 0.2) is 30.3 Å². The van der Waals surface area contributed by atoms with Crippen molar-refractivity contribution in [2.45, 2.75) is 42.7 Å². The Morgan fingerprint density at radius 2 is 1.67 bits per heavy atom. The number of rotatable bonds is 4. The summed E-state index contributed by atoms with van der Waals surface area (Å²) in [7, 11) is 0. The molecule has 2 aromatic rings. The first kappa shape index (κ1) is 20.8. The molecule has 7 atom stereocenters. The Morgan fingerprint density at radius 1 is 0.848 bits per heavy atom. The summed E-state index contributed by atoms with van der Waals surface area (Å²) in [6.07, 6.45) is -7.37. The number of hydrogen-bond donors (Lipinski definition) is 4. The van der Waals surface area contributed by atoms with Gasteiger partial charge in [0.05, 0.1) is 19.1 Å². The van der Waals surface area contributed by atoms with Crippen molar-refractivity contribution in [1.29, 1.82) is 0 Å². The minimum Gasteiger partial charge on any atom is -0.492 e. The molecule has 0 amide bonds. The average molecular weight is 462 g/mol. The molecule has 4 N–H and O–H groups in total. The molecule has 176 valence electrons. The van der Waals surface area contributed by atoms with Crippen molar-refractivity contribution in [2.75, 3.05) is 20.0 Å². The van der Waals surface area contributed by atoms with Gasteiger partial charge in [-0.1, -0.05) is 0 Å². The molecule has 0 spiro atoms. The third-order valence-electron chi connectivity index (χ3n) is 6.32. The molecule has 4 heterocycles. The lowest BCUT2D eigenvalue weighted by Gasteiger charge is -2.38. The van der Waals surface area contributed by atoms with Gasteiger partial charge in [-0.25, -0.2) is 0 Å². The zero-order chi connectivity index (χ0) is 22.7. The monoisotopic (exact) mass is 462 g/mol. The number of benzene rings is 2. The van der Waals surface area contributed by atoms with Gasteiger partial charge in [0.25, 0.3) is 0 Å². The lowest BCUT2D eigenvalue weighted by molar-refractivity contribution is -0.386. The van der Waals surface area contributed by atoms with Gasteiger partial charge in [0, 0.05) is 23.3 Å². The SMILES string of the molecule is OCC1OC(OOc2ccc3c(c2)OCC2c4cc5c(cc4OC32)OCO5)C(O)C(O)C1O. The minimum atomic E-state index is -1.57. The Bertz CT molecular complexity index is 1060. The van der Waals surface area contributed by atoms with E-state index in [9.17, 15) is 20.4 Å². The molecule has 4 aliphatic rings. The van der Waals surface area contributed by atoms with E-state index >= 15 is 0 Å². The molecular formula is C22H22O11. The predicted molar refractivity (Wildman–Crippen MR) is 106 cm³/mol. The normalized spacial score (nSPS) is 33.4. The van der Waals surface area contributed by atoms with Gasteiger partial charge < -0.3 is 49.0 Å². The van der Waals surface area contributed by atoms with Crippen molar-refractivity contribution in [3.8, 4) is 28.7 Å². The lowest BCUT2D eigenvalue weighted by Crippen LogP contribution is -2.59. The Hall–Kier alpha value is -2.80. The topological polar surface area (TPSA) is 146 Å². The standard InChI is InChI=1S/C22H22O11/c23-6-17-18(24)19(25)20(26)22(31-17)33-32-9-1-2-10-13(3-9)27-7-12-11-4-15-16(29-8-28-15)5-14(11)30-21(10)12/h1-5,12,17-26H,6-8H2. The third kappa shape index (κ3) is 3.36. The van der Waals surface area contributed by atoms with Crippen molar-refractivity contribution < 1.29 is 53.9 Å². The molecule has 1 saturated heterocycles. The Balaban J connectivity index is 1.17. The van der Waals surface area contributed by atoms with Crippen LogP contribution in [0.3, 0.4) is 0 Å². The summed E-state index contributed by atoms with van der Waals surface area (Å²) < 4.78 is 28.3. The van der Waals surface area contributed by atoms with Gasteiger partial charge in [0.1, 0.15) is 42.0 Å². The van der Waals surface area contributed by atoms with Crippen LogP contribution < -0.4 is 23.8 Å². The number of aliphatic hydroxyl groups excluding tert-OH is 4. The van der Waals surface area contributed by atoms with Crippen LogP contribution in [0.2, 0.25) is 0 Å². The van der Waals surface area contributed by atoms with Crippen molar-refractivity contribution in [2.24, 2.45) is 0 Å². The molecule has 11 nitrogen and oxygen atoms in total. The van der Waals surface area contributed by atoms with Gasteiger partial charge in [-0.15, -0.1) is 0 Å². The van der Waals surface area contributed by atoms with E-state index < -0.39 is 37.3 Å². The molecule has 0 aromatic heterocycles. The molecule has 4 aliphatic heterocycles. The van der Waals surface area contributed by atoms with Gasteiger partial charge in [-0.2, -0.15) is 4.89 Å². The van der Waals surface area contributed by atoms with Gasteiger partial charge >= 0.3 is 0 Å². The zero-order valence-electron chi connectivity index (χ0n) is 17.2. The van der Waals surface area contributed by atoms with Crippen LogP contribution in [0, 0.1) is 0 Å². The van der Waals surface area contributed by atoms with E-state index in [4.69, 9.17) is 33.5 Å². The van der Waals surface area contributed by atoms with E-state index in [-0.39, 0.29) is 24.6 Å². The predicted octanol–water partition coefficient (Wildman–Crippen LogP) is 0.135. The second-order valence-electron chi connectivity index (χ2n) is 8.28. The van der Waals surface area contributed by atoms with E-state index in [1.165, 1.54) is 0 Å². The lowest BCUT2D eigenvalue weighted by atomic mass is 9.89. The van der Waals surface area contributed by atoms with E-state index in [2.05, 4.69) is 0 Å². The third-order valence-corrected chi connectivity index (χ3v) is 6.32. The molecule has 2 aromatic carbocycles. The molecule has 11 heteroatoms. The minimum absolute atomic E-state index is 0.000801. The first-order chi connectivity index (χ1) is 16.0. The second-order valence-corrected chi connectivity index (χ2v) is 8.28. The Kier molecular flexibility index (Phi) is 4.98. The van der Waals surface area contributed by atoms with E-state index in [0.29, 0.717) is 23.9 Å². The van der Waals surface area contributed by atoms with Gasteiger partial charge in [-0.3, -0.25) is 0 Å². The van der Waals surface area contributed by atoms with Crippen LogP contribution in [-0.4, -0.2) is 71.1 Å². The maximum absolute atomic E-state index is 10.1. The van der Waals surface area contributed by atoms with E-state index in [1.54, 1.807) is 18.2 Å². The van der Waals surface area contributed by atoms with Crippen molar-refractivity contribution in [1.82, 2.24) is 0 Å². The highest BCUT2D eigenvalue weighted by atomic mass is 17.2. The molecule has 0 saturated carbocycles. The number of hydrogen-bond acceptors (Lipinski definition) is 11. The number of ether oxygens (including phenoxy) is 5. The number of fused-ring (bicyclic) bond motifs is 6. The summed E-state index contributed by atoms with van der Waals surface area (Å²) in [6.45, 7) is 0.0185. The van der Waals surface area contributed by atoms with Crippen LogP contribution in [0.25, 0.3) is 0 Å². The van der Waals surface area contributed by atoms with Gasteiger partial charge in [-0.05, 0) is 18.2 Å². The van der Waals surface area contributed by atoms with Crippen molar-refractivity contribution in [3.05, 3.63) is 41.5 Å². The Morgan fingerprint density at radius 3 is 2.48 bits per heavy atom. The maximum atomic E-state index is 10.1. The summed E-state index contributed by atoms with van der Waals surface area (Å²) in [6, 6.07) is 8.83. The summed E-state index contributed by atoms with van der Waals surface area (Å²) in [5.74, 6) is 2.90. The van der Waals surface area contributed by atoms with E-state index in [1.807, 2.05) is 12.1 Å². The largest absolute Gasteiger partial charge is 0.492 e. The average Bonchev–Trinajstić information content (AvgIpc) is 3.44. The van der Waals surface area contributed by atoms with Crippen LogP contribution in [0.1, 0.15) is 23.1 Å². The molecule has 0 radical (unpaired) electrons. The smallest absolute Gasteiger partial charge is 0.232 e. The van der Waals surface area contributed by atoms with Crippen LogP contribution in [0.5, 0.6) is 28.7 Å². The van der Waals surface area contributed by atoms with Crippen molar-refractivity contribution >= 4 is 0 Å². The highest BCUT2D eigenvalue weighted by Gasteiger charge is 2.45. The quantitative estimate of drug-likeness (QED) is 0.363. The summed E-state index contributed by atoms with van der Waals surface area (Å²) in [5, 5.41) is 39.0. The summed E-state index contributed by atoms with van der Waals surface area (Å²) in [4.78, 5) is 10.4. The molecule has 0 bridgehead atoms. The van der Waals surface area contributed by atoms with Crippen LogP contribution in [0.4, 0.5) is 0 Å². The van der Waals surface area contributed by atoms with Crippen LogP contribution in [-0.2, 0) is 9.62 Å². The number of aliphatic hydroxyl groups is 4. The zero-order valence-corrected chi connectivity index (χ0v) is 17.2. The first-order valence-corrected chi connectivity index (χ1v) is 10.5. The molecule has 1 fully saturated rings. The molecular weight excluding hydrogens is 440 g/mol. The van der Waals surface area contributed by atoms with Gasteiger partial charge in [0.2, 0.25) is 13.1 Å². The maximum Gasteiger partial charge on any atom is 0.232 e. The van der Waals surface area contributed by atoms with Gasteiger partial charge in [0.15, 0.2) is 17.2 Å². The molecule has 33 heavy (non-hydrogen) atoms. The fraction of sp³-hybridized carbons (Fsp3) is 0.455. The van der Waals surface area contributed by atoms with Crippen molar-refractivity contribution in [3.63, 3.8) is 0 Å². The summed E-state index contributed by atoms with van der Waals surface area (Å²) >= 11 is 0. The molecule has 6 rings (SSSR count). The van der Waals surface area contributed by atoms with Crippen LogP contribution >= 0.6 is 0 Å².